The van der Waals surface area contributed by atoms with Gasteiger partial charge < -0.3 is 5.32 Å². The molecular weight excluding hydrogens is 286 g/mol. The molecule has 0 bridgehead atoms. The number of carbonyl (C=O) groups is 1. The Morgan fingerprint density at radius 1 is 1.33 bits per heavy atom. The Morgan fingerprint density at radius 3 is 2.95 bits per heavy atom. The Bertz CT molecular complexity index is 750. The van der Waals surface area contributed by atoms with Crippen LogP contribution in [0.1, 0.15) is 5.56 Å². The van der Waals surface area contributed by atoms with Gasteiger partial charge in [-0.15, -0.1) is 10.2 Å². The summed E-state index contributed by atoms with van der Waals surface area (Å²) in [6.45, 7) is 1.98. The molecule has 3 rings (SSSR count). The van der Waals surface area contributed by atoms with Crippen LogP contribution in [0.15, 0.2) is 41.1 Å². The lowest BCUT2D eigenvalue weighted by Crippen LogP contribution is -2.20. The lowest BCUT2D eigenvalue weighted by molar-refractivity contribution is -0.117. The SMILES string of the molecule is Cc1ccccc1NC(=O)Cn1nnc(-c2ccsc2)n1. The smallest absolute Gasteiger partial charge is 0.248 e. The molecule has 21 heavy (non-hydrogen) atoms. The first kappa shape index (κ1) is 13.4. The second-order valence-electron chi connectivity index (χ2n) is 4.52. The van der Waals surface area contributed by atoms with Crippen molar-refractivity contribution in [3.63, 3.8) is 0 Å². The van der Waals surface area contributed by atoms with Crippen LogP contribution in [0.3, 0.4) is 0 Å². The largest absolute Gasteiger partial charge is 0.324 e. The van der Waals surface area contributed by atoms with Crippen molar-refractivity contribution in [2.24, 2.45) is 0 Å². The van der Waals surface area contributed by atoms with E-state index in [1.165, 1.54) is 4.80 Å². The number of thiophene rings is 1. The molecule has 2 aromatic heterocycles. The first-order valence-corrected chi connectivity index (χ1v) is 7.32. The van der Waals surface area contributed by atoms with Crippen molar-refractivity contribution in [1.29, 1.82) is 0 Å². The summed E-state index contributed by atoms with van der Waals surface area (Å²) in [5, 5.41) is 18.8. The third-order valence-corrected chi connectivity index (χ3v) is 3.62. The third kappa shape index (κ3) is 3.14. The molecule has 0 spiro atoms. The van der Waals surface area contributed by atoms with Gasteiger partial charge in [0.15, 0.2) is 0 Å². The Morgan fingerprint density at radius 2 is 2.19 bits per heavy atom. The zero-order chi connectivity index (χ0) is 14.7. The number of nitrogens with one attached hydrogen (secondary N) is 1. The molecule has 0 saturated heterocycles. The van der Waals surface area contributed by atoms with E-state index in [0.717, 1.165) is 16.8 Å². The molecule has 1 aromatic carbocycles. The molecule has 0 aliphatic rings. The summed E-state index contributed by atoms with van der Waals surface area (Å²) < 4.78 is 0. The highest BCUT2D eigenvalue weighted by Gasteiger charge is 2.10. The summed E-state index contributed by atoms with van der Waals surface area (Å²) in [6, 6.07) is 9.53. The van der Waals surface area contributed by atoms with Crippen molar-refractivity contribution < 1.29 is 4.79 Å². The number of para-hydroxylation sites is 1. The van der Waals surface area contributed by atoms with Gasteiger partial charge in [-0.05, 0) is 35.2 Å². The number of carbonyl (C=O) groups excluding carboxylic acids is 1. The topological polar surface area (TPSA) is 72.7 Å². The van der Waals surface area contributed by atoms with Gasteiger partial charge in [0.05, 0.1) is 0 Å². The number of benzene rings is 1. The van der Waals surface area contributed by atoms with Gasteiger partial charge in [-0.25, -0.2) is 0 Å². The minimum atomic E-state index is -0.182. The summed E-state index contributed by atoms with van der Waals surface area (Å²) in [6.07, 6.45) is 0. The van der Waals surface area contributed by atoms with Gasteiger partial charge in [0, 0.05) is 16.6 Å². The second kappa shape index (κ2) is 5.84. The molecule has 0 fully saturated rings. The fourth-order valence-corrected chi connectivity index (χ4v) is 2.48. The van der Waals surface area contributed by atoms with E-state index in [1.807, 2.05) is 48.0 Å². The molecule has 1 amide bonds. The standard InChI is InChI=1S/C14H13N5OS/c1-10-4-2-3-5-12(10)15-13(20)8-19-17-14(16-18-19)11-6-7-21-9-11/h2-7,9H,8H2,1H3,(H,15,20). The number of anilines is 1. The molecule has 0 saturated carbocycles. The van der Waals surface area contributed by atoms with Crippen LogP contribution in [0.5, 0.6) is 0 Å². The average molecular weight is 299 g/mol. The van der Waals surface area contributed by atoms with E-state index in [1.54, 1.807) is 11.3 Å². The number of aromatic nitrogens is 4. The molecule has 0 radical (unpaired) electrons. The van der Waals surface area contributed by atoms with Crippen molar-refractivity contribution in [2.75, 3.05) is 5.32 Å². The summed E-state index contributed by atoms with van der Waals surface area (Å²) >= 11 is 1.56. The molecule has 0 atom stereocenters. The van der Waals surface area contributed by atoms with Gasteiger partial charge in [-0.1, -0.05) is 18.2 Å². The normalized spacial score (nSPS) is 10.5. The fourth-order valence-electron chi connectivity index (χ4n) is 1.85. The van der Waals surface area contributed by atoms with Crippen LogP contribution >= 0.6 is 11.3 Å². The number of aryl methyl sites for hydroxylation is 1. The van der Waals surface area contributed by atoms with Crippen molar-refractivity contribution in [3.8, 4) is 11.4 Å². The molecule has 0 unspecified atom stereocenters. The number of amides is 1. The highest BCUT2D eigenvalue weighted by Crippen LogP contribution is 2.16. The lowest BCUT2D eigenvalue weighted by atomic mass is 10.2. The number of tetrazole rings is 1. The maximum absolute atomic E-state index is 12.0. The minimum absolute atomic E-state index is 0.0332. The molecule has 7 heteroatoms. The lowest BCUT2D eigenvalue weighted by Gasteiger charge is -2.06. The number of nitrogens with zero attached hydrogens (tertiary/aromatic N) is 4. The van der Waals surface area contributed by atoms with E-state index >= 15 is 0 Å². The van der Waals surface area contributed by atoms with Crippen LogP contribution in [-0.2, 0) is 11.3 Å². The Labute approximate surface area is 125 Å². The zero-order valence-electron chi connectivity index (χ0n) is 11.4. The Hall–Kier alpha value is -2.54. The summed E-state index contributed by atoms with van der Waals surface area (Å²) in [5.41, 5.74) is 2.71. The van der Waals surface area contributed by atoms with E-state index in [-0.39, 0.29) is 12.5 Å². The third-order valence-electron chi connectivity index (χ3n) is 2.94. The van der Waals surface area contributed by atoms with Gasteiger partial charge in [0.2, 0.25) is 11.7 Å². The van der Waals surface area contributed by atoms with Crippen molar-refractivity contribution in [2.45, 2.75) is 13.5 Å². The highest BCUT2D eigenvalue weighted by atomic mass is 32.1. The Kier molecular flexibility index (Phi) is 3.74. The number of hydrogen-bond acceptors (Lipinski definition) is 5. The maximum Gasteiger partial charge on any atom is 0.248 e. The van der Waals surface area contributed by atoms with Crippen molar-refractivity contribution >= 4 is 22.9 Å². The monoisotopic (exact) mass is 299 g/mol. The van der Waals surface area contributed by atoms with Crippen LogP contribution in [0.4, 0.5) is 5.69 Å². The molecule has 0 aliphatic carbocycles. The number of hydrogen-bond donors (Lipinski definition) is 1. The quantitative estimate of drug-likeness (QED) is 0.802. The van der Waals surface area contributed by atoms with Crippen LogP contribution in [0, 0.1) is 6.92 Å². The van der Waals surface area contributed by atoms with Crippen LogP contribution in [0.25, 0.3) is 11.4 Å². The fraction of sp³-hybridized carbons (Fsp3) is 0.143. The highest BCUT2D eigenvalue weighted by molar-refractivity contribution is 7.08. The van der Waals surface area contributed by atoms with E-state index in [0.29, 0.717) is 5.82 Å². The molecule has 3 aromatic rings. The van der Waals surface area contributed by atoms with E-state index < -0.39 is 0 Å². The molecule has 0 aliphatic heterocycles. The van der Waals surface area contributed by atoms with Gasteiger partial charge in [0.1, 0.15) is 6.54 Å². The Balaban J connectivity index is 1.67. The molecular formula is C14H13N5OS. The van der Waals surface area contributed by atoms with Gasteiger partial charge >= 0.3 is 0 Å². The van der Waals surface area contributed by atoms with Crippen molar-refractivity contribution in [1.82, 2.24) is 20.2 Å². The predicted octanol–water partition coefficient (Wildman–Crippen LogP) is 2.35. The van der Waals surface area contributed by atoms with E-state index in [9.17, 15) is 4.79 Å². The van der Waals surface area contributed by atoms with Crippen molar-refractivity contribution in [3.05, 3.63) is 46.7 Å². The molecule has 1 N–H and O–H groups in total. The second-order valence-corrected chi connectivity index (χ2v) is 5.30. The zero-order valence-corrected chi connectivity index (χ0v) is 12.2. The summed E-state index contributed by atoms with van der Waals surface area (Å²) in [5.74, 6) is 0.346. The van der Waals surface area contributed by atoms with Gasteiger partial charge in [-0.3, -0.25) is 4.79 Å². The first-order chi connectivity index (χ1) is 10.2. The predicted molar refractivity (Wildman–Crippen MR) is 80.9 cm³/mol. The van der Waals surface area contributed by atoms with Crippen LogP contribution in [0.2, 0.25) is 0 Å². The average Bonchev–Trinajstić information content (AvgIpc) is 3.12. The minimum Gasteiger partial charge on any atom is -0.324 e. The molecule has 6 nitrogen and oxygen atoms in total. The first-order valence-electron chi connectivity index (χ1n) is 6.38. The van der Waals surface area contributed by atoms with E-state index in [2.05, 4.69) is 20.7 Å². The summed E-state index contributed by atoms with van der Waals surface area (Å²) in [4.78, 5) is 13.3. The summed E-state index contributed by atoms with van der Waals surface area (Å²) in [7, 11) is 0. The molecule has 106 valence electrons. The number of rotatable bonds is 4. The van der Waals surface area contributed by atoms with Gasteiger partial charge in [-0.2, -0.15) is 16.1 Å². The van der Waals surface area contributed by atoms with E-state index in [4.69, 9.17) is 0 Å². The van der Waals surface area contributed by atoms with Crippen LogP contribution < -0.4 is 5.32 Å². The molecule has 2 heterocycles. The van der Waals surface area contributed by atoms with Gasteiger partial charge in [0.25, 0.3) is 0 Å². The maximum atomic E-state index is 12.0. The van der Waals surface area contributed by atoms with Crippen LogP contribution in [-0.4, -0.2) is 26.1 Å².